The lowest BCUT2D eigenvalue weighted by atomic mass is 10.3. The Morgan fingerprint density at radius 2 is 2.36 bits per heavy atom. The van der Waals surface area contributed by atoms with E-state index in [1.807, 2.05) is 0 Å². The van der Waals surface area contributed by atoms with Crippen LogP contribution in [0.15, 0.2) is 15.7 Å². The number of hydrazone groups is 1. The molecule has 2 aliphatic heterocycles. The number of carbonyl (C=O) groups is 1. The van der Waals surface area contributed by atoms with Crippen molar-refractivity contribution in [1.29, 1.82) is 0 Å². The molecule has 2 heterocycles. The minimum atomic E-state index is -1.07. The molecule has 0 aromatic heterocycles. The van der Waals surface area contributed by atoms with E-state index < -0.39 is 12.1 Å². The van der Waals surface area contributed by atoms with Crippen molar-refractivity contribution >= 4 is 23.5 Å². The summed E-state index contributed by atoms with van der Waals surface area (Å²) in [4.78, 5) is 12.6. The predicted molar refractivity (Wildman–Crippen MR) is 48.2 cm³/mol. The summed E-state index contributed by atoms with van der Waals surface area (Å²) in [5, 5.41) is 13.4. The summed E-state index contributed by atoms with van der Waals surface area (Å²) < 4.78 is 0. The molecule has 0 saturated heterocycles. The van der Waals surface area contributed by atoms with Crippen LogP contribution in [-0.2, 0) is 4.79 Å². The summed E-state index contributed by atoms with van der Waals surface area (Å²) in [5.41, 5.74) is 7.79. The molecule has 0 aliphatic carbocycles. The van der Waals surface area contributed by atoms with Gasteiger partial charge in [0.05, 0.1) is 0 Å². The van der Waals surface area contributed by atoms with E-state index in [2.05, 4.69) is 21.6 Å². The number of nitrogens with one attached hydrogen (secondary N) is 3. The molecule has 2 rings (SSSR count). The first-order valence-corrected chi connectivity index (χ1v) is 4.22. The number of guanidine groups is 1. The number of aliphatic hydroxyl groups excluding tert-OH is 1. The molecule has 0 fully saturated rings. The first kappa shape index (κ1) is 9.25. The lowest BCUT2D eigenvalue weighted by molar-refractivity contribution is -0.126. The van der Waals surface area contributed by atoms with E-state index in [1.165, 1.54) is 0 Å². The van der Waals surface area contributed by atoms with Gasteiger partial charge in [-0.2, -0.15) is 0 Å². The number of rotatable bonds is 0. The second-order valence-electron chi connectivity index (χ2n) is 2.84. The van der Waals surface area contributed by atoms with Gasteiger partial charge >= 0.3 is 0 Å². The second-order valence-corrected chi connectivity index (χ2v) is 3.22. The Balaban J connectivity index is 2.28. The maximum atomic E-state index is 11.5. The Labute approximate surface area is 84.3 Å². The zero-order valence-electron chi connectivity index (χ0n) is 7.21. The smallest absolute Gasteiger partial charge is 0.274 e. The summed E-state index contributed by atoms with van der Waals surface area (Å²) in [5.74, 6) is -0.300. The van der Waals surface area contributed by atoms with Crippen molar-refractivity contribution in [2.75, 3.05) is 0 Å². The molecule has 7 nitrogen and oxygen atoms in total. The van der Waals surface area contributed by atoms with Gasteiger partial charge in [0.25, 0.3) is 5.91 Å². The van der Waals surface area contributed by atoms with Gasteiger partial charge in [0.15, 0.2) is 6.23 Å². The molecule has 76 valence electrons. The Bertz CT molecular complexity index is 352. The van der Waals surface area contributed by atoms with Crippen LogP contribution in [0.2, 0.25) is 0 Å². The van der Waals surface area contributed by atoms with Crippen molar-refractivity contribution in [1.82, 2.24) is 21.4 Å². The largest absolute Gasteiger partial charge is 0.369 e. The molecule has 4 N–H and O–H groups in total. The average molecular weight is 218 g/mol. The third kappa shape index (κ3) is 1.14. The average Bonchev–Trinajstić information content (AvgIpc) is 2.73. The number of carbonyl (C=O) groups excluding carboxylic acids is 1. The van der Waals surface area contributed by atoms with Crippen LogP contribution in [0, 0.1) is 0 Å². The summed E-state index contributed by atoms with van der Waals surface area (Å²) in [6, 6.07) is 0. The summed E-state index contributed by atoms with van der Waals surface area (Å²) in [6.07, 6.45) is -1.07. The van der Waals surface area contributed by atoms with Crippen molar-refractivity contribution < 1.29 is 9.90 Å². The van der Waals surface area contributed by atoms with Crippen molar-refractivity contribution in [3.05, 3.63) is 10.6 Å². The van der Waals surface area contributed by atoms with Gasteiger partial charge in [-0.1, -0.05) is 11.6 Å². The number of halogens is 1. The van der Waals surface area contributed by atoms with Gasteiger partial charge in [-0.05, 0) is 6.92 Å². The van der Waals surface area contributed by atoms with Gasteiger partial charge in [-0.25, -0.2) is 10.4 Å². The first-order valence-electron chi connectivity index (χ1n) is 3.84. The highest BCUT2D eigenvalue weighted by atomic mass is 35.5. The molecule has 1 unspecified atom stereocenters. The number of hydrogen-bond acceptors (Lipinski definition) is 6. The Hall–Kier alpha value is -1.31. The van der Waals surface area contributed by atoms with Gasteiger partial charge in [0.2, 0.25) is 5.96 Å². The molecule has 0 aromatic rings. The fourth-order valence-corrected chi connectivity index (χ4v) is 1.40. The van der Waals surface area contributed by atoms with E-state index in [1.54, 1.807) is 6.92 Å². The number of aliphatic hydroxyl groups is 1. The molecule has 0 radical (unpaired) electrons. The van der Waals surface area contributed by atoms with E-state index >= 15 is 0 Å². The van der Waals surface area contributed by atoms with E-state index in [-0.39, 0.29) is 11.0 Å². The van der Waals surface area contributed by atoms with Crippen LogP contribution in [0.5, 0.6) is 0 Å². The predicted octanol–water partition coefficient (Wildman–Crippen LogP) is -1.46. The molecular weight excluding hydrogens is 210 g/mol. The lowest BCUT2D eigenvalue weighted by Gasteiger charge is -2.19. The van der Waals surface area contributed by atoms with E-state index in [0.29, 0.717) is 5.57 Å². The molecule has 1 amide bonds. The molecule has 0 spiro atoms. The Morgan fingerprint density at radius 1 is 1.64 bits per heavy atom. The van der Waals surface area contributed by atoms with Gasteiger partial charge < -0.3 is 5.11 Å². The third-order valence-electron chi connectivity index (χ3n) is 2.00. The van der Waals surface area contributed by atoms with Crippen molar-refractivity contribution in [3.8, 4) is 0 Å². The van der Waals surface area contributed by atoms with Crippen LogP contribution in [0.25, 0.3) is 0 Å². The molecule has 0 aromatic carbocycles. The highest BCUT2D eigenvalue weighted by molar-refractivity contribution is 6.44. The first-order chi connectivity index (χ1) is 6.63. The van der Waals surface area contributed by atoms with Crippen LogP contribution >= 0.6 is 11.6 Å². The van der Waals surface area contributed by atoms with Gasteiger partial charge in [-0.3, -0.25) is 10.2 Å². The van der Waals surface area contributed by atoms with Crippen LogP contribution in [0.3, 0.4) is 0 Å². The van der Waals surface area contributed by atoms with Gasteiger partial charge in [-0.15, -0.1) is 10.6 Å². The number of amides is 1. The maximum Gasteiger partial charge on any atom is 0.274 e. The van der Waals surface area contributed by atoms with Crippen LogP contribution in [-0.4, -0.2) is 28.1 Å². The van der Waals surface area contributed by atoms with Gasteiger partial charge in [0, 0.05) is 5.57 Å². The van der Waals surface area contributed by atoms with Crippen molar-refractivity contribution in [3.63, 3.8) is 0 Å². The number of nitrogens with zero attached hydrogens (tertiary/aromatic N) is 2. The van der Waals surface area contributed by atoms with Crippen molar-refractivity contribution in [2.45, 2.75) is 13.2 Å². The number of hydrogen-bond donors (Lipinski definition) is 4. The fraction of sp³-hybridized carbons (Fsp3) is 0.333. The SMILES string of the molecule is CC1=C(Cl)C(=O)N(C2=NNNN2)C1O. The maximum absolute atomic E-state index is 11.5. The monoisotopic (exact) mass is 217 g/mol. The standard InChI is InChI=1S/C6H8ClN5O2/c1-2-3(7)5(14)12(4(2)13)6-8-10-11-9-6/h4,10-11,13H,1H3,(H,8,9). The van der Waals surface area contributed by atoms with E-state index in [0.717, 1.165) is 4.90 Å². The van der Waals surface area contributed by atoms with Crippen molar-refractivity contribution in [2.24, 2.45) is 5.10 Å². The third-order valence-corrected chi connectivity index (χ3v) is 2.46. The van der Waals surface area contributed by atoms with E-state index in [9.17, 15) is 9.90 Å². The Kier molecular flexibility index (Phi) is 2.06. The topological polar surface area (TPSA) is 89.0 Å². The van der Waals surface area contributed by atoms with Crippen LogP contribution < -0.4 is 16.5 Å². The zero-order chi connectivity index (χ0) is 10.3. The molecule has 2 aliphatic rings. The minimum absolute atomic E-state index is 0.0221. The number of hydrazine groups is 2. The molecule has 0 saturated carbocycles. The van der Waals surface area contributed by atoms with Crippen LogP contribution in [0.4, 0.5) is 0 Å². The fourth-order valence-electron chi connectivity index (χ4n) is 1.21. The second kappa shape index (κ2) is 3.12. The Morgan fingerprint density at radius 3 is 2.79 bits per heavy atom. The summed E-state index contributed by atoms with van der Waals surface area (Å²) >= 11 is 5.69. The van der Waals surface area contributed by atoms with E-state index in [4.69, 9.17) is 11.6 Å². The molecular formula is C6H8ClN5O2. The highest BCUT2D eigenvalue weighted by Gasteiger charge is 2.39. The zero-order valence-corrected chi connectivity index (χ0v) is 7.96. The molecule has 0 bridgehead atoms. The van der Waals surface area contributed by atoms with Gasteiger partial charge in [0.1, 0.15) is 5.03 Å². The minimum Gasteiger partial charge on any atom is -0.369 e. The lowest BCUT2D eigenvalue weighted by Crippen LogP contribution is -2.48. The molecule has 8 heteroatoms. The summed E-state index contributed by atoms with van der Waals surface area (Å²) in [6.45, 7) is 1.58. The molecule has 1 atom stereocenters. The quantitative estimate of drug-likeness (QED) is 0.399. The van der Waals surface area contributed by atoms with Crippen LogP contribution in [0.1, 0.15) is 6.92 Å². The highest BCUT2D eigenvalue weighted by Crippen LogP contribution is 2.26. The molecule has 14 heavy (non-hydrogen) atoms. The normalized spacial score (nSPS) is 26.5. The summed E-state index contributed by atoms with van der Waals surface area (Å²) in [7, 11) is 0.